The second-order valence-electron chi connectivity index (χ2n) is 6.86. The molecule has 10 heteroatoms. The Kier molecular flexibility index (Phi) is 6.75. The van der Waals surface area contributed by atoms with Crippen molar-refractivity contribution in [2.45, 2.75) is 10.5 Å². The molecule has 1 amide bonds. The lowest BCUT2D eigenvalue weighted by atomic mass is 10.2. The molecule has 3 aromatic carbocycles. The second-order valence-corrected chi connectivity index (χ2v) is 9.11. The molecule has 4 nitrogen and oxygen atoms in total. The van der Waals surface area contributed by atoms with Crippen LogP contribution in [0.15, 0.2) is 76.1 Å². The van der Waals surface area contributed by atoms with Crippen molar-refractivity contribution < 1.29 is 22.4 Å². The fourth-order valence-electron chi connectivity index (χ4n) is 2.83. The maximum Gasteiger partial charge on any atom is 0.416 e. The topological polar surface area (TPSA) is 54.4 Å². The first kappa shape index (κ1) is 22.9. The summed E-state index contributed by atoms with van der Waals surface area (Å²) in [6.07, 6.45) is -2.84. The lowest BCUT2D eigenvalue weighted by Gasteiger charge is -2.09. The lowest BCUT2D eigenvalue weighted by molar-refractivity contribution is -0.137. The number of hydrogen-bond donors (Lipinski definition) is 1. The van der Waals surface area contributed by atoms with Gasteiger partial charge in [-0.3, -0.25) is 9.79 Å². The molecule has 33 heavy (non-hydrogen) atoms. The summed E-state index contributed by atoms with van der Waals surface area (Å²) in [5.41, 5.74) is 1.49. The number of nitrogens with zero attached hydrogens (tertiary/aromatic N) is 2. The van der Waals surface area contributed by atoms with Crippen LogP contribution in [0.3, 0.4) is 0 Å². The fraction of sp³-hybridized carbons (Fsp3) is 0.0870. The molecule has 0 unspecified atom stereocenters. The molecule has 0 aliphatic carbocycles. The van der Waals surface area contributed by atoms with E-state index in [1.54, 1.807) is 24.4 Å². The summed E-state index contributed by atoms with van der Waals surface area (Å²) < 4.78 is 52.9. The standard InChI is InChI=1S/C23H15F4N3OS2/c24-16-6-4-14(5-7-16)12-28-17-8-9-19-20(11-17)33-22(30-19)32-13-21(31)29-18-3-1-2-15(10-18)23(25,26)27/h1-12H,13H2,(H,29,31). The van der Waals surface area contributed by atoms with Crippen molar-refractivity contribution in [3.63, 3.8) is 0 Å². The van der Waals surface area contributed by atoms with E-state index in [-0.39, 0.29) is 17.3 Å². The Hall–Kier alpha value is -3.24. The molecule has 0 radical (unpaired) electrons. The number of rotatable bonds is 6. The Balaban J connectivity index is 1.38. The molecule has 0 bridgehead atoms. The van der Waals surface area contributed by atoms with Crippen LogP contribution >= 0.6 is 23.1 Å². The molecule has 1 aromatic heterocycles. The number of nitrogens with one attached hydrogen (secondary N) is 1. The zero-order valence-corrected chi connectivity index (χ0v) is 18.4. The van der Waals surface area contributed by atoms with Gasteiger partial charge in [0.1, 0.15) is 5.82 Å². The molecule has 1 heterocycles. The maximum atomic E-state index is 13.0. The van der Waals surface area contributed by atoms with E-state index in [4.69, 9.17) is 0 Å². The summed E-state index contributed by atoms with van der Waals surface area (Å²) in [6, 6.07) is 16.0. The average molecular weight is 490 g/mol. The van der Waals surface area contributed by atoms with Gasteiger partial charge < -0.3 is 5.32 Å². The predicted octanol–water partition coefficient (Wildman–Crippen LogP) is 6.94. The lowest BCUT2D eigenvalue weighted by Crippen LogP contribution is -2.14. The highest BCUT2D eigenvalue weighted by Gasteiger charge is 2.30. The van der Waals surface area contributed by atoms with E-state index in [2.05, 4.69) is 15.3 Å². The number of alkyl halides is 3. The van der Waals surface area contributed by atoms with Gasteiger partial charge in [0.05, 0.1) is 27.2 Å². The van der Waals surface area contributed by atoms with Gasteiger partial charge in [0, 0.05) is 11.9 Å². The van der Waals surface area contributed by atoms with E-state index in [1.807, 2.05) is 12.1 Å². The zero-order chi connectivity index (χ0) is 23.4. The highest BCUT2D eigenvalue weighted by Crippen LogP contribution is 2.33. The van der Waals surface area contributed by atoms with Gasteiger partial charge >= 0.3 is 6.18 Å². The van der Waals surface area contributed by atoms with Crippen LogP contribution in [0.4, 0.5) is 28.9 Å². The Labute approximate surface area is 194 Å². The minimum atomic E-state index is -4.47. The number of halogens is 4. The summed E-state index contributed by atoms with van der Waals surface area (Å²) in [7, 11) is 0. The van der Waals surface area contributed by atoms with Gasteiger partial charge in [-0.1, -0.05) is 30.0 Å². The van der Waals surface area contributed by atoms with E-state index in [0.717, 1.165) is 27.9 Å². The third-order valence-corrected chi connectivity index (χ3v) is 6.55. The number of thioether (sulfide) groups is 1. The number of thiazole rings is 1. The second kappa shape index (κ2) is 9.72. The number of benzene rings is 3. The number of aromatic nitrogens is 1. The summed E-state index contributed by atoms with van der Waals surface area (Å²) in [4.78, 5) is 21.0. The molecule has 1 N–H and O–H groups in total. The van der Waals surface area contributed by atoms with Crippen molar-refractivity contribution in [3.05, 3.63) is 83.7 Å². The van der Waals surface area contributed by atoms with Gasteiger partial charge in [0.15, 0.2) is 4.34 Å². The van der Waals surface area contributed by atoms with Crippen LogP contribution in [0, 0.1) is 5.82 Å². The van der Waals surface area contributed by atoms with Crippen LogP contribution in [0.25, 0.3) is 10.2 Å². The maximum absolute atomic E-state index is 13.0. The predicted molar refractivity (Wildman–Crippen MR) is 124 cm³/mol. The van der Waals surface area contributed by atoms with Crippen molar-refractivity contribution in [2.24, 2.45) is 4.99 Å². The summed E-state index contributed by atoms with van der Waals surface area (Å²) >= 11 is 2.59. The number of carbonyl (C=O) groups excluding carboxylic acids is 1. The summed E-state index contributed by atoms with van der Waals surface area (Å²) in [5.74, 6) is -0.735. The highest BCUT2D eigenvalue weighted by atomic mass is 32.2. The first-order valence-electron chi connectivity index (χ1n) is 9.56. The summed E-state index contributed by atoms with van der Waals surface area (Å²) in [6.45, 7) is 0. The normalized spacial score (nSPS) is 11.9. The van der Waals surface area contributed by atoms with Gasteiger partial charge in [-0.2, -0.15) is 13.2 Å². The SMILES string of the molecule is O=C(CSc1nc2ccc(N=Cc3ccc(F)cc3)cc2s1)Nc1cccc(C(F)(F)F)c1. The molecular formula is C23H15F4N3OS2. The first-order valence-corrected chi connectivity index (χ1v) is 11.4. The number of amides is 1. The van der Waals surface area contributed by atoms with Crippen molar-refractivity contribution >= 4 is 56.8 Å². The smallest absolute Gasteiger partial charge is 0.325 e. The van der Waals surface area contributed by atoms with E-state index in [9.17, 15) is 22.4 Å². The number of anilines is 1. The van der Waals surface area contributed by atoms with E-state index in [1.165, 1.54) is 47.4 Å². The largest absolute Gasteiger partial charge is 0.416 e. The van der Waals surface area contributed by atoms with Crippen LogP contribution in [0.2, 0.25) is 0 Å². The minimum absolute atomic E-state index is 0.00560. The van der Waals surface area contributed by atoms with Crippen LogP contribution in [-0.2, 0) is 11.0 Å². The van der Waals surface area contributed by atoms with Crippen molar-refractivity contribution in [1.82, 2.24) is 4.98 Å². The molecule has 4 rings (SSSR count). The molecule has 4 aromatic rings. The molecular weight excluding hydrogens is 474 g/mol. The summed E-state index contributed by atoms with van der Waals surface area (Å²) in [5, 5.41) is 2.48. The van der Waals surface area contributed by atoms with Crippen LogP contribution in [0.5, 0.6) is 0 Å². The molecule has 0 saturated heterocycles. The quantitative estimate of drug-likeness (QED) is 0.181. The average Bonchev–Trinajstić information content (AvgIpc) is 3.19. The number of hydrogen-bond acceptors (Lipinski definition) is 5. The minimum Gasteiger partial charge on any atom is -0.325 e. The van der Waals surface area contributed by atoms with E-state index >= 15 is 0 Å². The third-order valence-electron chi connectivity index (χ3n) is 4.39. The van der Waals surface area contributed by atoms with Crippen LogP contribution in [0.1, 0.15) is 11.1 Å². The Bertz CT molecular complexity index is 1320. The van der Waals surface area contributed by atoms with Crippen molar-refractivity contribution in [3.8, 4) is 0 Å². The third kappa shape index (κ3) is 6.17. The van der Waals surface area contributed by atoms with Crippen molar-refractivity contribution in [1.29, 1.82) is 0 Å². The van der Waals surface area contributed by atoms with Gasteiger partial charge in [-0.05, 0) is 54.1 Å². The fourth-order valence-corrected chi connectivity index (χ4v) is 4.73. The number of fused-ring (bicyclic) bond motifs is 1. The zero-order valence-electron chi connectivity index (χ0n) is 16.8. The molecule has 0 aliphatic rings. The molecule has 168 valence electrons. The van der Waals surface area contributed by atoms with Gasteiger partial charge in [-0.15, -0.1) is 11.3 Å². The monoisotopic (exact) mass is 489 g/mol. The number of aliphatic imine (C=N–C) groups is 1. The van der Waals surface area contributed by atoms with Gasteiger partial charge in [0.2, 0.25) is 5.91 Å². The van der Waals surface area contributed by atoms with Gasteiger partial charge in [-0.25, -0.2) is 9.37 Å². The molecule has 0 spiro atoms. The van der Waals surface area contributed by atoms with Crippen LogP contribution < -0.4 is 5.32 Å². The molecule has 0 fully saturated rings. The highest BCUT2D eigenvalue weighted by molar-refractivity contribution is 8.01. The number of carbonyl (C=O) groups is 1. The van der Waals surface area contributed by atoms with E-state index < -0.39 is 17.6 Å². The molecule has 0 atom stereocenters. The first-order chi connectivity index (χ1) is 15.8. The van der Waals surface area contributed by atoms with Crippen molar-refractivity contribution in [2.75, 3.05) is 11.1 Å². The Morgan fingerprint density at radius 1 is 1.09 bits per heavy atom. The molecule has 0 saturated carbocycles. The van der Waals surface area contributed by atoms with Gasteiger partial charge in [0.25, 0.3) is 0 Å². The Morgan fingerprint density at radius 2 is 1.88 bits per heavy atom. The molecule has 0 aliphatic heterocycles. The Morgan fingerprint density at radius 3 is 2.64 bits per heavy atom. The van der Waals surface area contributed by atoms with E-state index in [0.29, 0.717) is 10.0 Å². The van der Waals surface area contributed by atoms with Crippen LogP contribution in [-0.4, -0.2) is 22.9 Å².